The molecule has 0 aliphatic carbocycles. The lowest BCUT2D eigenvalue weighted by Crippen LogP contribution is -2.35. The molecule has 0 saturated heterocycles. The van der Waals surface area contributed by atoms with E-state index in [2.05, 4.69) is 10.3 Å². The smallest absolute Gasteiger partial charge is 0.357 e. The topological polar surface area (TPSA) is 124 Å². The third-order valence-corrected chi connectivity index (χ3v) is 4.59. The standard InChI is InChI=1S/C18H22N4O6S/c1-3-28-17(23)15-12-29-16(20-15)11-21(9-4-10-27-2)18(24)19-13-5-7-14(8-6-13)22(25)26/h5-8,12H,3-4,9-11H2,1-2H3,(H,19,24). The van der Waals surface area contributed by atoms with E-state index in [-0.39, 0.29) is 30.6 Å². The molecule has 0 saturated carbocycles. The molecule has 0 spiro atoms. The summed E-state index contributed by atoms with van der Waals surface area (Å²) in [5.74, 6) is -0.503. The van der Waals surface area contributed by atoms with Crippen LogP contribution >= 0.6 is 11.3 Å². The molecule has 0 radical (unpaired) electrons. The number of anilines is 1. The van der Waals surface area contributed by atoms with Crippen molar-refractivity contribution in [2.45, 2.75) is 19.9 Å². The number of esters is 1. The van der Waals surface area contributed by atoms with Crippen molar-refractivity contribution in [2.24, 2.45) is 0 Å². The number of aromatic nitrogens is 1. The molecular weight excluding hydrogens is 400 g/mol. The summed E-state index contributed by atoms with van der Waals surface area (Å²) >= 11 is 1.26. The van der Waals surface area contributed by atoms with Gasteiger partial charge in [-0.3, -0.25) is 10.1 Å². The Morgan fingerprint density at radius 1 is 1.31 bits per heavy atom. The lowest BCUT2D eigenvalue weighted by atomic mass is 10.3. The maximum Gasteiger partial charge on any atom is 0.357 e. The Labute approximate surface area is 171 Å². The maximum atomic E-state index is 12.7. The molecule has 10 nitrogen and oxygen atoms in total. The normalized spacial score (nSPS) is 10.4. The Bertz CT molecular complexity index is 839. The number of nitrogens with zero attached hydrogens (tertiary/aromatic N) is 3. The van der Waals surface area contributed by atoms with E-state index in [1.807, 2.05) is 0 Å². The molecule has 1 aromatic heterocycles. The van der Waals surface area contributed by atoms with E-state index in [1.165, 1.54) is 40.5 Å². The van der Waals surface area contributed by atoms with Crippen molar-refractivity contribution in [2.75, 3.05) is 32.2 Å². The molecule has 1 heterocycles. The maximum absolute atomic E-state index is 12.7. The number of thiazole rings is 1. The highest BCUT2D eigenvalue weighted by atomic mass is 32.1. The van der Waals surface area contributed by atoms with Crippen LogP contribution in [0.1, 0.15) is 28.8 Å². The zero-order valence-electron chi connectivity index (χ0n) is 16.1. The first kappa shape index (κ1) is 22.2. The number of non-ortho nitro benzene ring substituents is 1. The lowest BCUT2D eigenvalue weighted by molar-refractivity contribution is -0.384. The number of methoxy groups -OCH3 is 1. The van der Waals surface area contributed by atoms with Crippen LogP contribution in [0.5, 0.6) is 0 Å². The van der Waals surface area contributed by atoms with Gasteiger partial charge in [0, 0.05) is 43.5 Å². The average Bonchev–Trinajstić information content (AvgIpc) is 3.16. The van der Waals surface area contributed by atoms with Gasteiger partial charge in [0.05, 0.1) is 18.1 Å². The number of urea groups is 1. The molecule has 0 aliphatic rings. The number of nitro benzene ring substituents is 1. The van der Waals surface area contributed by atoms with Gasteiger partial charge in [0.2, 0.25) is 0 Å². The SMILES string of the molecule is CCOC(=O)c1csc(CN(CCCOC)C(=O)Nc2ccc([N+](=O)[O-])cc2)n1. The highest BCUT2D eigenvalue weighted by Crippen LogP contribution is 2.18. The fourth-order valence-corrected chi connectivity index (χ4v) is 3.14. The summed E-state index contributed by atoms with van der Waals surface area (Å²) in [4.78, 5) is 40.5. The van der Waals surface area contributed by atoms with Gasteiger partial charge in [0.25, 0.3) is 5.69 Å². The lowest BCUT2D eigenvalue weighted by Gasteiger charge is -2.22. The van der Waals surface area contributed by atoms with Crippen molar-refractivity contribution in [1.29, 1.82) is 0 Å². The van der Waals surface area contributed by atoms with E-state index in [4.69, 9.17) is 9.47 Å². The number of hydrogen-bond donors (Lipinski definition) is 1. The number of nitro groups is 1. The monoisotopic (exact) mass is 422 g/mol. The zero-order chi connectivity index (χ0) is 21.2. The molecular formula is C18H22N4O6S. The number of benzene rings is 1. The van der Waals surface area contributed by atoms with Crippen LogP contribution in [0, 0.1) is 10.1 Å². The van der Waals surface area contributed by atoms with Gasteiger partial charge in [-0.15, -0.1) is 11.3 Å². The molecule has 0 unspecified atom stereocenters. The summed E-state index contributed by atoms with van der Waals surface area (Å²) in [6.45, 7) is 3.05. The number of carbonyl (C=O) groups is 2. The molecule has 1 N–H and O–H groups in total. The molecule has 11 heteroatoms. The summed E-state index contributed by atoms with van der Waals surface area (Å²) in [6, 6.07) is 5.18. The van der Waals surface area contributed by atoms with Crippen molar-refractivity contribution < 1.29 is 24.0 Å². The predicted molar refractivity (Wildman–Crippen MR) is 107 cm³/mol. The largest absolute Gasteiger partial charge is 0.461 e. The predicted octanol–water partition coefficient (Wildman–Crippen LogP) is 3.30. The molecule has 29 heavy (non-hydrogen) atoms. The van der Waals surface area contributed by atoms with Crippen LogP contribution in [0.4, 0.5) is 16.2 Å². The van der Waals surface area contributed by atoms with Crippen molar-refractivity contribution in [1.82, 2.24) is 9.88 Å². The van der Waals surface area contributed by atoms with Crippen molar-refractivity contribution >= 4 is 34.7 Å². The van der Waals surface area contributed by atoms with Crippen LogP contribution < -0.4 is 5.32 Å². The van der Waals surface area contributed by atoms with Crippen LogP contribution in [0.15, 0.2) is 29.6 Å². The number of amides is 2. The minimum atomic E-state index is -0.508. The molecule has 0 aliphatic heterocycles. The van der Waals surface area contributed by atoms with Gasteiger partial charge in [-0.25, -0.2) is 14.6 Å². The van der Waals surface area contributed by atoms with Gasteiger partial charge in [-0.1, -0.05) is 0 Å². The molecule has 0 fully saturated rings. The molecule has 2 aromatic rings. The summed E-state index contributed by atoms with van der Waals surface area (Å²) in [5.41, 5.74) is 0.581. The second-order valence-corrected chi connectivity index (χ2v) is 6.79. The van der Waals surface area contributed by atoms with E-state index in [1.54, 1.807) is 19.4 Å². The van der Waals surface area contributed by atoms with Crippen LogP contribution in [0.25, 0.3) is 0 Å². The van der Waals surface area contributed by atoms with Gasteiger partial charge in [0.1, 0.15) is 5.01 Å². The first-order chi connectivity index (χ1) is 13.9. The van der Waals surface area contributed by atoms with Gasteiger partial charge in [-0.05, 0) is 25.5 Å². The third-order valence-electron chi connectivity index (χ3n) is 3.76. The molecule has 156 valence electrons. The van der Waals surface area contributed by atoms with E-state index >= 15 is 0 Å². The molecule has 0 bridgehead atoms. The summed E-state index contributed by atoms with van der Waals surface area (Å²) in [7, 11) is 1.58. The zero-order valence-corrected chi connectivity index (χ0v) is 16.9. The third kappa shape index (κ3) is 6.80. The molecule has 0 atom stereocenters. The number of nitrogens with one attached hydrogen (secondary N) is 1. The van der Waals surface area contributed by atoms with Gasteiger partial charge in [0.15, 0.2) is 5.69 Å². The number of hydrogen-bond acceptors (Lipinski definition) is 8. The Kier molecular flexibility index (Phi) is 8.49. The first-order valence-corrected chi connectivity index (χ1v) is 9.73. The molecule has 2 rings (SSSR count). The fourth-order valence-electron chi connectivity index (χ4n) is 2.37. The second-order valence-electron chi connectivity index (χ2n) is 5.85. The Morgan fingerprint density at radius 2 is 2.03 bits per heavy atom. The first-order valence-electron chi connectivity index (χ1n) is 8.85. The highest BCUT2D eigenvalue weighted by molar-refractivity contribution is 7.09. The molecule has 2 amide bonds. The second kappa shape index (κ2) is 11.1. The molecule has 1 aromatic carbocycles. The summed E-state index contributed by atoms with van der Waals surface area (Å²) in [6.07, 6.45) is 0.611. The fraction of sp³-hybridized carbons (Fsp3) is 0.389. The van der Waals surface area contributed by atoms with Crippen LogP contribution in [-0.4, -0.2) is 53.7 Å². The van der Waals surface area contributed by atoms with Crippen LogP contribution in [0.3, 0.4) is 0 Å². The number of rotatable bonds is 10. The van der Waals surface area contributed by atoms with Gasteiger partial charge >= 0.3 is 12.0 Å². The summed E-state index contributed by atoms with van der Waals surface area (Å²) < 4.78 is 9.97. The van der Waals surface area contributed by atoms with Crippen LogP contribution in [-0.2, 0) is 16.0 Å². The quantitative estimate of drug-likeness (QED) is 0.270. The number of ether oxygens (including phenoxy) is 2. The minimum absolute atomic E-state index is 0.0609. The number of carbonyl (C=O) groups excluding carboxylic acids is 2. The van der Waals surface area contributed by atoms with E-state index in [9.17, 15) is 19.7 Å². The van der Waals surface area contributed by atoms with Crippen LogP contribution in [0.2, 0.25) is 0 Å². The van der Waals surface area contributed by atoms with Gasteiger partial charge in [-0.2, -0.15) is 0 Å². The Balaban J connectivity index is 2.07. The van der Waals surface area contributed by atoms with E-state index < -0.39 is 10.9 Å². The van der Waals surface area contributed by atoms with E-state index in [0.717, 1.165) is 0 Å². The summed E-state index contributed by atoms with van der Waals surface area (Å²) in [5, 5.41) is 15.6. The van der Waals surface area contributed by atoms with Crippen molar-refractivity contribution in [3.8, 4) is 0 Å². The minimum Gasteiger partial charge on any atom is -0.461 e. The average molecular weight is 422 g/mol. The highest BCUT2D eigenvalue weighted by Gasteiger charge is 2.18. The van der Waals surface area contributed by atoms with E-state index in [0.29, 0.717) is 30.3 Å². The Hall–Kier alpha value is -3.05. The van der Waals surface area contributed by atoms with Crippen molar-refractivity contribution in [3.63, 3.8) is 0 Å². The Morgan fingerprint density at radius 3 is 2.66 bits per heavy atom. The van der Waals surface area contributed by atoms with Crippen molar-refractivity contribution in [3.05, 3.63) is 50.5 Å². The van der Waals surface area contributed by atoms with Gasteiger partial charge < -0.3 is 19.7 Å².